The van der Waals surface area contributed by atoms with Crippen LogP contribution >= 0.6 is 22.9 Å². The fraction of sp³-hybridized carbons (Fsp3) is 0.231. The summed E-state index contributed by atoms with van der Waals surface area (Å²) >= 11 is 7.87. The highest BCUT2D eigenvalue weighted by molar-refractivity contribution is 7.09. The van der Waals surface area contributed by atoms with Crippen molar-refractivity contribution in [2.75, 3.05) is 0 Å². The number of thiazole rings is 1. The molecule has 0 N–H and O–H groups in total. The van der Waals surface area contributed by atoms with Gasteiger partial charge in [0, 0.05) is 11.1 Å². The molecule has 0 saturated heterocycles. The van der Waals surface area contributed by atoms with E-state index in [1.54, 1.807) is 11.3 Å². The average molecular weight is 278 g/mol. The molecule has 1 aromatic carbocycles. The number of imidazole rings is 1. The summed E-state index contributed by atoms with van der Waals surface area (Å²) in [5.74, 6) is 0.909. The van der Waals surface area contributed by atoms with Gasteiger partial charge in [0.15, 0.2) is 0 Å². The average Bonchev–Trinajstić information content (AvgIpc) is 2.98. The largest absolute Gasteiger partial charge is 0.321 e. The number of rotatable bonds is 3. The number of hydrogen-bond acceptors (Lipinski definition) is 3. The van der Waals surface area contributed by atoms with Crippen LogP contribution in [0.25, 0.3) is 11.0 Å². The molecule has 18 heavy (non-hydrogen) atoms. The van der Waals surface area contributed by atoms with Crippen molar-refractivity contribution < 1.29 is 0 Å². The lowest BCUT2D eigenvalue weighted by Gasteiger charge is -2.08. The molecule has 1 atom stereocenters. The minimum atomic E-state index is -0.106. The Bertz CT molecular complexity index is 658. The number of aromatic nitrogens is 3. The maximum absolute atomic E-state index is 6.22. The molecule has 0 aliphatic heterocycles. The molecule has 0 saturated carbocycles. The fourth-order valence-electron chi connectivity index (χ4n) is 2.04. The molecule has 3 rings (SSSR count). The third-order valence-electron chi connectivity index (χ3n) is 2.84. The molecule has 3 nitrogen and oxygen atoms in total. The number of halogens is 1. The van der Waals surface area contributed by atoms with Crippen LogP contribution in [0.15, 0.2) is 36.0 Å². The highest BCUT2D eigenvalue weighted by atomic mass is 35.5. The van der Waals surface area contributed by atoms with Gasteiger partial charge in [-0.05, 0) is 19.1 Å². The van der Waals surface area contributed by atoms with Crippen LogP contribution in [0.4, 0.5) is 0 Å². The summed E-state index contributed by atoms with van der Waals surface area (Å²) < 4.78 is 2.17. The quantitative estimate of drug-likeness (QED) is 0.681. The Balaban J connectivity index is 2.15. The second-order valence-corrected chi connectivity index (χ2v) is 5.75. The Kier molecular flexibility index (Phi) is 3.06. The Morgan fingerprint density at radius 3 is 2.94 bits per heavy atom. The van der Waals surface area contributed by atoms with Crippen molar-refractivity contribution in [1.82, 2.24) is 14.5 Å². The zero-order valence-corrected chi connectivity index (χ0v) is 11.4. The Morgan fingerprint density at radius 1 is 1.39 bits per heavy atom. The highest BCUT2D eigenvalue weighted by Gasteiger charge is 2.15. The van der Waals surface area contributed by atoms with E-state index in [-0.39, 0.29) is 5.38 Å². The van der Waals surface area contributed by atoms with Gasteiger partial charge in [-0.25, -0.2) is 4.98 Å². The van der Waals surface area contributed by atoms with Crippen LogP contribution in [-0.2, 0) is 6.54 Å². The van der Waals surface area contributed by atoms with Crippen molar-refractivity contribution in [3.63, 3.8) is 0 Å². The molecule has 0 radical (unpaired) electrons. The molecule has 2 heterocycles. The second kappa shape index (κ2) is 4.71. The van der Waals surface area contributed by atoms with E-state index in [9.17, 15) is 0 Å². The predicted molar refractivity (Wildman–Crippen MR) is 75.2 cm³/mol. The number of fused-ring (bicyclic) bond motifs is 1. The third kappa shape index (κ3) is 2.02. The number of nitrogens with zero attached hydrogens (tertiary/aromatic N) is 3. The van der Waals surface area contributed by atoms with Gasteiger partial charge < -0.3 is 4.57 Å². The van der Waals surface area contributed by atoms with Gasteiger partial charge in [-0.3, -0.25) is 4.98 Å². The molecule has 0 aliphatic carbocycles. The second-order valence-electron chi connectivity index (χ2n) is 4.13. The number of benzene rings is 1. The molecule has 92 valence electrons. The van der Waals surface area contributed by atoms with Crippen LogP contribution in [0.2, 0.25) is 0 Å². The standard InChI is InChI=1S/C13H12ClN3S/c1-9(14)13-16-11-4-2-3-5-12(11)17(13)7-10-6-15-8-18-10/h2-6,8-9H,7H2,1H3. The van der Waals surface area contributed by atoms with Gasteiger partial charge in [-0.1, -0.05) is 12.1 Å². The van der Waals surface area contributed by atoms with Crippen LogP contribution in [0, 0.1) is 0 Å². The van der Waals surface area contributed by atoms with Crippen molar-refractivity contribution in [3.05, 3.63) is 46.7 Å². The topological polar surface area (TPSA) is 30.7 Å². The van der Waals surface area contributed by atoms with Gasteiger partial charge in [0.2, 0.25) is 0 Å². The summed E-state index contributed by atoms with van der Waals surface area (Å²) in [6, 6.07) is 8.11. The summed E-state index contributed by atoms with van der Waals surface area (Å²) in [5.41, 5.74) is 3.95. The summed E-state index contributed by atoms with van der Waals surface area (Å²) in [4.78, 5) is 9.92. The lowest BCUT2D eigenvalue weighted by atomic mass is 10.3. The van der Waals surface area contributed by atoms with Crippen LogP contribution in [0.3, 0.4) is 0 Å². The molecule has 0 spiro atoms. The monoisotopic (exact) mass is 277 g/mol. The van der Waals surface area contributed by atoms with E-state index in [1.165, 1.54) is 4.88 Å². The summed E-state index contributed by atoms with van der Waals surface area (Å²) in [6.45, 7) is 2.73. The van der Waals surface area contributed by atoms with Crippen molar-refractivity contribution in [1.29, 1.82) is 0 Å². The van der Waals surface area contributed by atoms with Crippen LogP contribution < -0.4 is 0 Å². The van der Waals surface area contributed by atoms with Gasteiger partial charge >= 0.3 is 0 Å². The number of alkyl halides is 1. The zero-order valence-electron chi connectivity index (χ0n) is 9.88. The van der Waals surface area contributed by atoms with Gasteiger partial charge in [-0.2, -0.15) is 0 Å². The van der Waals surface area contributed by atoms with Gasteiger partial charge in [0.1, 0.15) is 5.82 Å². The smallest absolute Gasteiger partial charge is 0.128 e. The van der Waals surface area contributed by atoms with E-state index in [4.69, 9.17) is 11.6 Å². The predicted octanol–water partition coefficient (Wildman–Crippen LogP) is 3.84. The molecule has 3 aromatic rings. The lowest BCUT2D eigenvalue weighted by molar-refractivity contribution is 0.749. The molecule has 0 aliphatic rings. The number of hydrogen-bond donors (Lipinski definition) is 0. The van der Waals surface area contributed by atoms with Gasteiger partial charge in [0.05, 0.1) is 28.5 Å². The zero-order chi connectivity index (χ0) is 12.5. The van der Waals surface area contributed by atoms with E-state index in [1.807, 2.05) is 36.8 Å². The SMILES string of the molecule is CC(Cl)c1nc2ccccc2n1Cc1cncs1. The van der Waals surface area contributed by atoms with E-state index in [2.05, 4.69) is 20.6 Å². The van der Waals surface area contributed by atoms with E-state index >= 15 is 0 Å². The van der Waals surface area contributed by atoms with Crippen molar-refractivity contribution in [3.8, 4) is 0 Å². The molecule has 0 amide bonds. The Hall–Kier alpha value is -1.39. The molecule has 1 unspecified atom stereocenters. The molecular formula is C13H12ClN3S. The molecule has 5 heteroatoms. The molecule has 0 fully saturated rings. The Morgan fingerprint density at radius 2 is 2.22 bits per heavy atom. The first kappa shape index (κ1) is 11.7. The van der Waals surface area contributed by atoms with Crippen molar-refractivity contribution >= 4 is 34.0 Å². The lowest BCUT2D eigenvalue weighted by Crippen LogP contribution is -2.04. The van der Waals surface area contributed by atoms with E-state index in [0.29, 0.717) is 0 Å². The van der Waals surface area contributed by atoms with Crippen molar-refractivity contribution in [2.45, 2.75) is 18.8 Å². The van der Waals surface area contributed by atoms with Crippen LogP contribution in [-0.4, -0.2) is 14.5 Å². The minimum absolute atomic E-state index is 0.106. The molecule has 2 aromatic heterocycles. The molecular weight excluding hydrogens is 266 g/mol. The maximum Gasteiger partial charge on any atom is 0.128 e. The first-order chi connectivity index (χ1) is 8.75. The molecule has 0 bridgehead atoms. The third-order valence-corrected chi connectivity index (χ3v) is 3.80. The number of para-hydroxylation sites is 2. The normalized spacial score (nSPS) is 13.0. The summed E-state index contributed by atoms with van der Waals surface area (Å²) in [7, 11) is 0. The Labute approximate surface area is 114 Å². The maximum atomic E-state index is 6.22. The summed E-state index contributed by atoms with van der Waals surface area (Å²) in [5, 5.41) is -0.106. The highest BCUT2D eigenvalue weighted by Crippen LogP contribution is 2.25. The van der Waals surface area contributed by atoms with Crippen molar-refractivity contribution in [2.24, 2.45) is 0 Å². The minimum Gasteiger partial charge on any atom is -0.321 e. The van der Waals surface area contributed by atoms with Gasteiger partial charge in [-0.15, -0.1) is 22.9 Å². The summed E-state index contributed by atoms with van der Waals surface area (Å²) in [6.07, 6.45) is 1.89. The van der Waals surface area contributed by atoms with Crippen LogP contribution in [0.1, 0.15) is 23.0 Å². The first-order valence-electron chi connectivity index (χ1n) is 5.72. The van der Waals surface area contributed by atoms with E-state index < -0.39 is 0 Å². The van der Waals surface area contributed by atoms with Gasteiger partial charge in [0.25, 0.3) is 0 Å². The van der Waals surface area contributed by atoms with Crippen LogP contribution in [0.5, 0.6) is 0 Å². The first-order valence-corrected chi connectivity index (χ1v) is 7.04. The van der Waals surface area contributed by atoms with E-state index in [0.717, 1.165) is 23.4 Å². The fourth-order valence-corrected chi connectivity index (χ4v) is 2.79.